The van der Waals surface area contributed by atoms with Gasteiger partial charge in [0.05, 0.1) is 5.41 Å². The Bertz CT molecular complexity index is 534. The molecule has 0 bridgehead atoms. The largest absolute Gasteiger partial charge is 0.508 e. The minimum Gasteiger partial charge on any atom is -0.508 e. The zero-order valence-corrected chi connectivity index (χ0v) is 12.5. The number of aromatic hydroxyl groups is 1. The van der Waals surface area contributed by atoms with Gasteiger partial charge in [0.2, 0.25) is 0 Å². The van der Waals surface area contributed by atoms with Crippen molar-refractivity contribution in [2.75, 3.05) is 13.1 Å². The molecule has 0 radical (unpaired) electrons. The maximum Gasteiger partial charge on any atom is 0.310 e. The van der Waals surface area contributed by atoms with Crippen molar-refractivity contribution in [3.05, 3.63) is 29.6 Å². The average molecular weight is 295 g/mol. The van der Waals surface area contributed by atoms with Crippen molar-refractivity contribution < 1.29 is 19.4 Å². The molecule has 0 amide bonds. The van der Waals surface area contributed by atoms with Crippen LogP contribution < -0.4 is 0 Å². The van der Waals surface area contributed by atoms with Crippen LogP contribution in [0.2, 0.25) is 0 Å². The van der Waals surface area contributed by atoms with E-state index in [0.717, 1.165) is 12.5 Å². The van der Waals surface area contributed by atoms with Crippen molar-refractivity contribution in [3.8, 4) is 5.75 Å². The Morgan fingerprint density at radius 1 is 1.52 bits per heavy atom. The molecule has 2 unspecified atom stereocenters. The number of hydrogen-bond acceptors (Lipinski definition) is 3. The Morgan fingerprint density at radius 2 is 2.24 bits per heavy atom. The van der Waals surface area contributed by atoms with E-state index in [2.05, 4.69) is 4.90 Å². The standard InChI is InChI=1S/C16H22FNO3/c1-3-6-16(15(20)21)7-8-18(10-16)11(2)13-5-4-12(17)9-14(13)19/h4-5,9,11,19H,3,6-8,10H2,1-2H3,(H,20,21). The van der Waals surface area contributed by atoms with Gasteiger partial charge in [0.15, 0.2) is 0 Å². The molecule has 2 rings (SSSR count). The molecule has 1 aliphatic rings. The van der Waals surface area contributed by atoms with E-state index in [9.17, 15) is 19.4 Å². The quantitative estimate of drug-likeness (QED) is 0.876. The van der Waals surface area contributed by atoms with Crippen LogP contribution in [0.15, 0.2) is 18.2 Å². The highest BCUT2D eigenvalue weighted by Crippen LogP contribution is 2.40. The summed E-state index contributed by atoms with van der Waals surface area (Å²) >= 11 is 0. The highest BCUT2D eigenvalue weighted by Gasteiger charge is 2.45. The number of aliphatic carboxylic acids is 1. The fourth-order valence-corrected chi connectivity index (χ4v) is 3.27. The topological polar surface area (TPSA) is 60.8 Å². The number of halogens is 1. The molecule has 1 aromatic rings. The highest BCUT2D eigenvalue weighted by molar-refractivity contribution is 5.75. The Balaban J connectivity index is 2.18. The molecule has 0 aromatic heterocycles. The third kappa shape index (κ3) is 3.02. The maximum atomic E-state index is 13.1. The zero-order valence-electron chi connectivity index (χ0n) is 12.5. The van der Waals surface area contributed by atoms with Gasteiger partial charge in [0, 0.05) is 24.2 Å². The predicted octanol–water partition coefficient (Wildman–Crippen LogP) is 3.17. The third-order valence-electron chi connectivity index (χ3n) is 4.56. The van der Waals surface area contributed by atoms with Gasteiger partial charge in [-0.1, -0.05) is 19.4 Å². The van der Waals surface area contributed by atoms with E-state index in [4.69, 9.17) is 0 Å². The molecule has 1 saturated heterocycles. The first-order valence-corrected chi connectivity index (χ1v) is 7.35. The van der Waals surface area contributed by atoms with Gasteiger partial charge in [-0.05, 0) is 32.4 Å². The lowest BCUT2D eigenvalue weighted by molar-refractivity contribution is -0.148. The first-order valence-electron chi connectivity index (χ1n) is 7.35. The molecule has 0 spiro atoms. The van der Waals surface area contributed by atoms with Crippen LogP contribution >= 0.6 is 0 Å². The van der Waals surface area contributed by atoms with Gasteiger partial charge in [0.25, 0.3) is 0 Å². The first kappa shape index (κ1) is 15.8. The van der Waals surface area contributed by atoms with Crippen LogP contribution in [0, 0.1) is 11.2 Å². The molecule has 4 nitrogen and oxygen atoms in total. The molecule has 116 valence electrons. The molecule has 1 aromatic carbocycles. The molecule has 2 atom stereocenters. The van der Waals surface area contributed by atoms with Crippen molar-refractivity contribution in [2.24, 2.45) is 5.41 Å². The lowest BCUT2D eigenvalue weighted by Gasteiger charge is -2.28. The third-order valence-corrected chi connectivity index (χ3v) is 4.56. The van der Waals surface area contributed by atoms with Gasteiger partial charge >= 0.3 is 5.97 Å². The molecule has 21 heavy (non-hydrogen) atoms. The summed E-state index contributed by atoms with van der Waals surface area (Å²) in [6.07, 6.45) is 2.10. The molecule has 1 fully saturated rings. The van der Waals surface area contributed by atoms with E-state index in [1.54, 1.807) is 6.07 Å². The highest BCUT2D eigenvalue weighted by atomic mass is 19.1. The summed E-state index contributed by atoms with van der Waals surface area (Å²) in [5.74, 6) is -1.30. The maximum absolute atomic E-state index is 13.1. The lowest BCUT2D eigenvalue weighted by atomic mass is 9.82. The SMILES string of the molecule is CCCC1(C(=O)O)CCN(C(C)c2ccc(F)cc2O)C1. The molecule has 1 aliphatic heterocycles. The Kier molecular flexibility index (Phi) is 4.52. The van der Waals surface area contributed by atoms with E-state index in [0.29, 0.717) is 31.5 Å². The minimum atomic E-state index is -0.748. The second-order valence-corrected chi connectivity index (χ2v) is 5.94. The fraction of sp³-hybridized carbons (Fsp3) is 0.562. The van der Waals surface area contributed by atoms with E-state index >= 15 is 0 Å². The summed E-state index contributed by atoms with van der Waals surface area (Å²) in [6.45, 7) is 5.04. The molecule has 0 saturated carbocycles. The number of hydrogen-bond donors (Lipinski definition) is 2. The summed E-state index contributed by atoms with van der Waals surface area (Å²) in [7, 11) is 0. The van der Waals surface area contributed by atoms with Crippen LogP contribution in [-0.4, -0.2) is 34.2 Å². The van der Waals surface area contributed by atoms with Crippen molar-refractivity contribution in [1.29, 1.82) is 0 Å². The first-order chi connectivity index (χ1) is 9.89. The zero-order chi connectivity index (χ0) is 15.6. The van der Waals surface area contributed by atoms with Crippen molar-refractivity contribution >= 4 is 5.97 Å². The fourth-order valence-electron chi connectivity index (χ4n) is 3.27. The number of rotatable bonds is 5. The Labute approximate surface area is 124 Å². The Hall–Kier alpha value is -1.62. The summed E-state index contributed by atoms with van der Waals surface area (Å²) in [4.78, 5) is 13.7. The van der Waals surface area contributed by atoms with Crippen molar-refractivity contribution in [1.82, 2.24) is 4.90 Å². The molecule has 5 heteroatoms. The summed E-state index contributed by atoms with van der Waals surface area (Å²) < 4.78 is 13.1. The number of likely N-dealkylation sites (tertiary alicyclic amines) is 1. The monoisotopic (exact) mass is 295 g/mol. The number of phenolic OH excluding ortho intramolecular Hbond substituents is 1. The van der Waals surface area contributed by atoms with Gasteiger partial charge in [0.1, 0.15) is 11.6 Å². The van der Waals surface area contributed by atoms with Crippen molar-refractivity contribution in [3.63, 3.8) is 0 Å². The summed E-state index contributed by atoms with van der Waals surface area (Å²) in [6, 6.07) is 3.84. The number of carbonyl (C=O) groups is 1. The van der Waals surface area contributed by atoms with Crippen LogP contribution in [-0.2, 0) is 4.79 Å². The summed E-state index contributed by atoms with van der Waals surface area (Å²) in [5, 5.41) is 19.4. The van der Waals surface area contributed by atoms with Crippen LogP contribution in [0.5, 0.6) is 5.75 Å². The number of phenols is 1. The van der Waals surface area contributed by atoms with Crippen molar-refractivity contribution in [2.45, 2.75) is 39.2 Å². The Morgan fingerprint density at radius 3 is 2.81 bits per heavy atom. The second kappa shape index (κ2) is 6.02. The van der Waals surface area contributed by atoms with E-state index in [1.165, 1.54) is 6.07 Å². The lowest BCUT2D eigenvalue weighted by Crippen LogP contribution is -2.35. The normalized spacial score (nSPS) is 24.1. The summed E-state index contributed by atoms with van der Waals surface area (Å²) in [5.41, 5.74) is -0.0624. The molecule has 0 aliphatic carbocycles. The van der Waals surface area contributed by atoms with Crippen LogP contribution in [0.1, 0.15) is 44.7 Å². The molecule has 2 N–H and O–H groups in total. The van der Waals surface area contributed by atoms with Gasteiger partial charge < -0.3 is 10.2 Å². The van der Waals surface area contributed by atoms with E-state index in [-0.39, 0.29) is 11.8 Å². The van der Waals surface area contributed by atoms with Gasteiger partial charge in [-0.3, -0.25) is 9.69 Å². The van der Waals surface area contributed by atoms with Gasteiger partial charge in [-0.2, -0.15) is 0 Å². The van der Waals surface area contributed by atoms with Gasteiger partial charge in [-0.25, -0.2) is 4.39 Å². The number of carboxylic acid groups (broad SMARTS) is 1. The minimum absolute atomic E-state index is 0.0779. The van der Waals surface area contributed by atoms with Gasteiger partial charge in [-0.15, -0.1) is 0 Å². The molecule has 1 heterocycles. The average Bonchev–Trinajstić information content (AvgIpc) is 2.84. The second-order valence-electron chi connectivity index (χ2n) is 5.94. The predicted molar refractivity (Wildman–Crippen MR) is 77.6 cm³/mol. The molecular formula is C16H22FNO3. The number of nitrogens with zero attached hydrogens (tertiary/aromatic N) is 1. The van der Waals surface area contributed by atoms with E-state index in [1.807, 2.05) is 13.8 Å². The van der Waals surface area contributed by atoms with Crippen LogP contribution in [0.25, 0.3) is 0 Å². The molecular weight excluding hydrogens is 273 g/mol. The number of benzene rings is 1. The van der Waals surface area contributed by atoms with E-state index < -0.39 is 17.2 Å². The van der Waals surface area contributed by atoms with Crippen LogP contribution in [0.4, 0.5) is 4.39 Å². The van der Waals surface area contributed by atoms with Crippen LogP contribution in [0.3, 0.4) is 0 Å². The smallest absolute Gasteiger partial charge is 0.310 e. The number of carboxylic acids is 1.